The van der Waals surface area contributed by atoms with Crippen LogP contribution < -0.4 is 15.4 Å². The molecule has 0 saturated heterocycles. The number of nitrogens with one attached hydrogen (secondary N) is 2. The van der Waals surface area contributed by atoms with Crippen LogP contribution in [0.3, 0.4) is 0 Å². The third-order valence-electron chi connectivity index (χ3n) is 5.15. The highest BCUT2D eigenvalue weighted by Crippen LogP contribution is 2.16. The van der Waals surface area contributed by atoms with Gasteiger partial charge in [-0.25, -0.2) is 9.67 Å². The van der Waals surface area contributed by atoms with E-state index in [1.54, 1.807) is 19.4 Å². The summed E-state index contributed by atoms with van der Waals surface area (Å²) in [4.78, 5) is 8.72. The fraction of sp³-hybridized carbons (Fsp3) is 0.192. The van der Waals surface area contributed by atoms with Crippen molar-refractivity contribution in [1.29, 1.82) is 0 Å². The van der Waals surface area contributed by atoms with Crippen molar-refractivity contribution in [2.75, 3.05) is 13.6 Å². The van der Waals surface area contributed by atoms with Gasteiger partial charge in [0.1, 0.15) is 6.61 Å². The van der Waals surface area contributed by atoms with Crippen molar-refractivity contribution >= 4 is 5.96 Å². The third kappa shape index (κ3) is 6.43. The summed E-state index contributed by atoms with van der Waals surface area (Å²) in [6, 6.07) is 24.3. The SMILES string of the molecule is CN=C(NCCc1ccc(-n2cccn2)cc1)NCc1cccnc1OCc1ccccc1. The Bertz CT molecular complexity index is 1140. The number of hydrogen-bond donors (Lipinski definition) is 2. The molecule has 2 heterocycles. The lowest BCUT2D eigenvalue weighted by atomic mass is 10.1. The normalized spacial score (nSPS) is 11.2. The summed E-state index contributed by atoms with van der Waals surface area (Å²) in [5.74, 6) is 1.36. The van der Waals surface area contributed by atoms with Crippen LogP contribution in [0.15, 0.2) is 96.4 Å². The molecular formula is C26H28N6O. The van der Waals surface area contributed by atoms with E-state index in [2.05, 4.69) is 50.0 Å². The molecule has 33 heavy (non-hydrogen) atoms. The largest absolute Gasteiger partial charge is 0.473 e. The van der Waals surface area contributed by atoms with Crippen LogP contribution in [0.25, 0.3) is 5.69 Å². The Morgan fingerprint density at radius 3 is 2.52 bits per heavy atom. The molecule has 2 N–H and O–H groups in total. The predicted octanol–water partition coefficient (Wildman–Crippen LogP) is 3.75. The number of nitrogens with zero attached hydrogens (tertiary/aromatic N) is 4. The van der Waals surface area contributed by atoms with E-state index in [0.717, 1.165) is 35.7 Å². The zero-order valence-electron chi connectivity index (χ0n) is 18.7. The van der Waals surface area contributed by atoms with Gasteiger partial charge in [-0.2, -0.15) is 5.10 Å². The van der Waals surface area contributed by atoms with Gasteiger partial charge in [-0.3, -0.25) is 4.99 Å². The molecule has 4 aromatic rings. The monoisotopic (exact) mass is 440 g/mol. The van der Waals surface area contributed by atoms with E-state index < -0.39 is 0 Å². The first-order chi connectivity index (χ1) is 16.3. The lowest BCUT2D eigenvalue weighted by Gasteiger charge is -2.14. The van der Waals surface area contributed by atoms with E-state index in [4.69, 9.17) is 4.74 Å². The van der Waals surface area contributed by atoms with E-state index in [9.17, 15) is 0 Å². The van der Waals surface area contributed by atoms with Crippen LogP contribution in [-0.4, -0.2) is 34.3 Å². The van der Waals surface area contributed by atoms with Gasteiger partial charge < -0.3 is 15.4 Å². The predicted molar refractivity (Wildman–Crippen MR) is 130 cm³/mol. The lowest BCUT2D eigenvalue weighted by molar-refractivity contribution is 0.290. The Hall–Kier alpha value is -4.13. The van der Waals surface area contributed by atoms with Gasteiger partial charge in [-0.1, -0.05) is 48.5 Å². The van der Waals surface area contributed by atoms with Crippen molar-refractivity contribution in [2.45, 2.75) is 19.6 Å². The maximum Gasteiger partial charge on any atom is 0.218 e. The van der Waals surface area contributed by atoms with E-state index in [-0.39, 0.29) is 0 Å². The highest BCUT2D eigenvalue weighted by molar-refractivity contribution is 5.79. The Morgan fingerprint density at radius 2 is 1.76 bits per heavy atom. The summed E-state index contributed by atoms with van der Waals surface area (Å²) in [5, 5.41) is 11.0. The first-order valence-corrected chi connectivity index (χ1v) is 11.0. The summed E-state index contributed by atoms with van der Waals surface area (Å²) in [7, 11) is 1.77. The second kappa shape index (κ2) is 11.5. The highest BCUT2D eigenvalue weighted by atomic mass is 16.5. The fourth-order valence-electron chi connectivity index (χ4n) is 3.38. The molecule has 2 aromatic carbocycles. The zero-order chi connectivity index (χ0) is 22.7. The molecule has 0 atom stereocenters. The molecular weight excluding hydrogens is 412 g/mol. The van der Waals surface area contributed by atoms with Crippen molar-refractivity contribution in [2.24, 2.45) is 4.99 Å². The molecule has 0 aliphatic rings. The molecule has 0 fully saturated rings. The molecule has 7 nitrogen and oxygen atoms in total. The van der Waals surface area contributed by atoms with E-state index in [1.807, 2.05) is 59.4 Å². The van der Waals surface area contributed by atoms with E-state index in [0.29, 0.717) is 19.0 Å². The van der Waals surface area contributed by atoms with Gasteiger partial charge in [0.25, 0.3) is 0 Å². The number of hydrogen-bond acceptors (Lipinski definition) is 4. The molecule has 0 spiro atoms. The summed E-state index contributed by atoms with van der Waals surface area (Å²) in [5.41, 5.74) is 4.39. The topological polar surface area (TPSA) is 76.4 Å². The van der Waals surface area contributed by atoms with Crippen molar-refractivity contribution in [3.8, 4) is 11.6 Å². The van der Waals surface area contributed by atoms with Crippen LogP contribution >= 0.6 is 0 Å². The fourth-order valence-corrected chi connectivity index (χ4v) is 3.38. The van der Waals surface area contributed by atoms with Gasteiger partial charge in [0.05, 0.1) is 5.69 Å². The molecule has 0 amide bonds. The highest BCUT2D eigenvalue weighted by Gasteiger charge is 2.07. The van der Waals surface area contributed by atoms with Crippen molar-refractivity contribution < 1.29 is 4.74 Å². The van der Waals surface area contributed by atoms with Gasteiger partial charge in [0.15, 0.2) is 5.96 Å². The van der Waals surface area contributed by atoms with Crippen LogP contribution in [0.5, 0.6) is 5.88 Å². The van der Waals surface area contributed by atoms with Gasteiger partial charge in [0.2, 0.25) is 5.88 Å². The van der Waals surface area contributed by atoms with Crippen LogP contribution in [0.4, 0.5) is 0 Å². The lowest BCUT2D eigenvalue weighted by Crippen LogP contribution is -2.38. The first-order valence-electron chi connectivity index (χ1n) is 11.0. The minimum atomic E-state index is 0.483. The minimum Gasteiger partial charge on any atom is -0.473 e. The number of aliphatic imine (C=N–C) groups is 1. The maximum atomic E-state index is 5.95. The average molecular weight is 441 g/mol. The zero-order valence-corrected chi connectivity index (χ0v) is 18.7. The molecule has 2 aromatic heterocycles. The average Bonchev–Trinajstić information content (AvgIpc) is 3.41. The molecule has 0 radical (unpaired) electrons. The summed E-state index contributed by atoms with van der Waals surface area (Å²) in [6.45, 7) is 1.82. The quantitative estimate of drug-likeness (QED) is 0.306. The molecule has 0 aliphatic carbocycles. The third-order valence-corrected chi connectivity index (χ3v) is 5.15. The first kappa shape index (κ1) is 22.1. The van der Waals surface area contributed by atoms with Crippen LogP contribution in [0.2, 0.25) is 0 Å². The molecule has 0 bridgehead atoms. The van der Waals surface area contributed by atoms with Crippen LogP contribution in [0, 0.1) is 0 Å². The number of rotatable bonds is 9. The number of guanidine groups is 1. The summed E-state index contributed by atoms with van der Waals surface area (Å²) >= 11 is 0. The molecule has 0 aliphatic heterocycles. The maximum absolute atomic E-state index is 5.95. The molecule has 0 unspecified atom stereocenters. The van der Waals surface area contributed by atoms with Crippen LogP contribution in [0.1, 0.15) is 16.7 Å². The Kier molecular flexibility index (Phi) is 7.68. The number of aromatic nitrogens is 3. The van der Waals surface area contributed by atoms with Gasteiger partial charge >= 0.3 is 0 Å². The van der Waals surface area contributed by atoms with Crippen molar-refractivity contribution in [3.63, 3.8) is 0 Å². The minimum absolute atomic E-state index is 0.483. The Balaban J connectivity index is 1.25. The van der Waals surface area contributed by atoms with Crippen LogP contribution in [-0.2, 0) is 19.6 Å². The van der Waals surface area contributed by atoms with Crippen molar-refractivity contribution in [1.82, 2.24) is 25.4 Å². The van der Waals surface area contributed by atoms with E-state index in [1.165, 1.54) is 5.56 Å². The summed E-state index contributed by atoms with van der Waals surface area (Å²) < 4.78 is 7.80. The molecule has 7 heteroatoms. The molecule has 0 saturated carbocycles. The number of benzene rings is 2. The van der Waals surface area contributed by atoms with Gasteiger partial charge in [-0.05, 0) is 41.8 Å². The van der Waals surface area contributed by atoms with Gasteiger partial charge in [0, 0.05) is 44.3 Å². The Morgan fingerprint density at radius 1 is 0.909 bits per heavy atom. The van der Waals surface area contributed by atoms with Gasteiger partial charge in [-0.15, -0.1) is 0 Å². The van der Waals surface area contributed by atoms with Crippen molar-refractivity contribution in [3.05, 3.63) is 108 Å². The van der Waals surface area contributed by atoms with E-state index >= 15 is 0 Å². The molecule has 4 rings (SSSR count). The Labute approximate surface area is 194 Å². The molecule has 168 valence electrons. The standard InChI is InChI=1S/C26H28N6O/c1-27-26(29-17-14-21-10-12-24(13-11-21)32-18-6-16-31-32)30-19-23-9-5-15-28-25(23)33-20-22-7-3-2-4-8-22/h2-13,15-16,18H,14,17,19-20H2,1H3,(H2,27,29,30). The summed E-state index contributed by atoms with van der Waals surface area (Å²) in [6.07, 6.45) is 6.35. The second-order valence-corrected chi connectivity index (χ2v) is 7.46. The number of ether oxygens (including phenoxy) is 1. The second-order valence-electron chi connectivity index (χ2n) is 7.46. The number of pyridine rings is 1. The smallest absolute Gasteiger partial charge is 0.218 e.